The third kappa shape index (κ3) is 5.73. The van der Waals surface area contributed by atoms with Crippen LogP contribution in [0.25, 0.3) is 0 Å². The number of nitrogens with zero attached hydrogens (tertiary/aromatic N) is 2. The van der Waals surface area contributed by atoms with Crippen LogP contribution < -0.4 is 16.0 Å². The van der Waals surface area contributed by atoms with E-state index >= 15 is 0 Å². The van der Waals surface area contributed by atoms with Crippen LogP contribution in [0.5, 0.6) is 0 Å². The molecule has 0 aliphatic heterocycles. The summed E-state index contributed by atoms with van der Waals surface area (Å²) in [6.07, 6.45) is 3.52. The zero-order valence-electron chi connectivity index (χ0n) is 14.7. The lowest BCUT2D eigenvalue weighted by Crippen LogP contribution is -2.30. The van der Waals surface area contributed by atoms with Gasteiger partial charge in [-0.25, -0.2) is 14.6 Å². The molecule has 0 unspecified atom stereocenters. The number of carbonyl (C=O) groups is 2. The second kappa shape index (κ2) is 9.25. The Morgan fingerprint density at radius 3 is 2.07 bits per heavy atom. The highest BCUT2D eigenvalue weighted by Crippen LogP contribution is 2.14. The van der Waals surface area contributed by atoms with E-state index in [1.54, 1.807) is 54.7 Å². The normalized spacial score (nSPS) is 10.4. The minimum atomic E-state index is -0.338. The van der Waals surface area contributed by atoms with Crippen molar-refractivity contribution < 1.29 is 9.59 Å². The molecule has 0 atom stereocenters. The Balaban J connectivity index is 1.45. The fourth-order valence-corrected chi connectivity index (χ4v) is 2.59. The highest BCUT2D eigenvalue weighted by Gasteiger charge is 2.08. The molecular weight excluding hydrogens is 401 g/mol. The monoisotopic (exact) mass is 417 g/mol. The fourth-order valence-electron chi connectivity index (χ4n) is 2.34. The predicted octanol–water partition coefficient (Wildman–Crippen LogP) is 4.63. The molecule has 1 aromatic heterocycles. The molecule has 9 heteroatoms. The van der Waals surface area contributed by atoms with Crippen molar-refractivity contribution in [2.24, 2.45) is 0 Å². The minimum absolute atomic E-state index is 0.331. The van der Waals surface area contributed by atoms with Gasteiger partial charge in [0.05, 0.1) is 5.69 Å². The van der Waals surface area contributed by atoms with Crippen molar-refractivity contribution in [1.82, 2.24) is 14.9 Å². The number of benzene rings is 2. The number of nitrogens with one attached hydrogen (secondary N) is 3. The van der Waals surface area contributed by atoms with E-state index < -0.39 is 0 Å². The van der Waals surface area contributed by atoms with E-state index in [0.29, 0.717) is 40.1 Å². The largest absolute Gasteiger partial charge is 0.337 e. The predicted molar refractivity (Wildman–Crippen MR) is 110 cm³/mol. The van der Waals surface area contributed by atoms with Crippen LogP contribution in [0.1, 0.15) is 5.69 Å². The summed E-state index contributed by atoms with van der Waals surface area (Å²) in [6.45, 7) is 0.370. The summed E-state index contributed by atoms with van der Waals surface area (Å²) in [5, 5.41) is 9.37. The SMILES string of the molecule is O=C(NCCc1cn(C(=O)Nc2ccc(Cl)cc2)cn1)Nc1ccc(Cl)cc1. The molecule has 0 aliphatic rings. The first-order valence-electron chi connectivity index (χ1n) is 8.40. The summed E-state index contributed by atoms with van der Waals surface area (Å²) in [7, 11) is 0. The van der Waals surface area contributed by atoms with Gasteiger partial charge in [0.15, 0.2) is 0 Å². The van der Waals surface area contributed by atoms with Gasteiger partial charge in [0.25, 0.3) is 0 Å². The van der Waals surface area contributed by atoms with Crippen LogP contribution in [0, 0.1) is 0 Å². The molecule has 0 radical (unpaired) electrons. The van der Waals surface area contributed by atoms with Crippen LogP contribution in [0.15, 0.2) is 61.1 Å². The molecule has 1 heterocycles. The van der Waals surface area contributed by atoms with Crippen LogP contribution >= 0.6 is 23.2 Å². The maximum atomic E-state index is 12.2. The van der Waals surface area contributed by atoms with Gasteiger partial charge in [-0.2, -0.15) is 0 Å². The first-order chi connectivity index (χ1) is 13.5. The Bertz CT molecular complexity index is 955. The van der Waals surface area contributed by atoms with Crippen LogP contribution in [-0.2, 0) is 6.42 Å². The number of carbonyl (C=O) groups excluding carboxylic acids is 2. The van der Waals surface area contributed by atoms with Crippen molar-refractivity contribution in [3.8, 4) is 0 Å². The zero-order valence-corrected chi connectivity index (χ0v) is 16.2. The van der Waals surface area contributed by atoms with Crippen molar-refractivity contribution in [2.75, 3.05) is 17.2 Å². The first-order valence-corrected chi connectivity index (χ1v) is 9.15. The molecule has 0 spiro atoms. The number of hydrogen-bond donors (Lipinski definition) is 3. The third-order valence-corrected chi connectivity index (χ3v) is 4.24. The Morgan fingerprint density at radius 2 is 1.46 bits per heavy atom. The molecule has 3 rings (SSSR count). The van der Waals surface area contributed by atoms with Gasteiger partial charge in [0.1, 0.15) is 6.33 Å². The third-order valence-electron chi connectivity index (χ3n) is 3.73. The highest BCUT2D eigenvalue weighted by atomic mass is 35.5. The van der Waals surface area contributed by atoms with Gasteiger partial charge in [0, 0.05) is 40.6 Å². The highest BCUT2D eigenvalue weighted by molar-refractivity contribution is 6.30. The Morgan fingerprint density at radius 1 is 0.893 bits per heavy atom. The number of aromatic nitrogens is 2. The molecule has 0 bridgehead atoms. The molecule has 0 aliphatic carbocycles. The van der Waals surface area contributed by atoms with Crippen LogP contribution in [-0.4, -0.2) is 28.2 Å². The van der Waals surface area contributed by atoms with Crippen molar-refractivity contribution in [3.05, 3.63) is 76.8 Å². The number of imidazole rings is 1. The summed E-state index contributed by atoms with van der Waals surface area (Å²) in [5.41, 5.74) is 1.95. The lowest BCUT2D eigenvalue weighted by Gasteiger charge is -2.07. The summed E-state index contributed by atoms with van der Waals surface area (Å²) < 4.78 is 1.34. The van der Waals surface area contributed by atoms with Crippen LogP contribution in [0.3, 0.4) is 0 Å². The molecule has 3 amide bonds. The zero-order chi connectivity index (χ0) is 19.9. The summed E-state index contributed by atoms with van der Waals surface area (Å²) >= 11 is 11.6. The topological polar surface area (TPSA) is 88.1 Å². The van der Waals surface area contributed by atoms with E-state index in [-0.39, 0.29) is 12.1 Å². The number of urea groups is 1. The Labute approximate surface area is 171 Å². The molecule has 0 fully saturated rings. The van der Waals surface area contributed by atoms with Gasteiger partial charge >= 0.3 is 12.1 Å². The summed E-state index contributed by atoms with van der Waals surface area (Å²) in [6, 6.07) is 12.9. The van der Waals surface area contributed by atoms with Crippen molar-refractivity contribution >= 4 is 46.6 Å². The average molecular weight is 418 g/mol. The number of anilines is 2. The molecule has 2 aromatic carbocycles. The van der Waals surface area contributed by atoms with Gasteiger partial charge < -0.3 is 16.0 Å². The number of rotatable bonds is 5. The second-order valence-electron chi connectivity index (χ2n) is 5.85. The van der Waals surface area contributed by atoms with Crippen molar-refractivity contribution in [2.45, 2.75) is 6.42 Å². The Hall–Kier alpha value is -3.03. The Kier molecular flexibility index (Phi) is 6.52. The summed E-state index contributed by atoms with van der Waals surface area (Å²) in [4.78, 5) is 28.3. The average Bonchev–Trinajstić information content (AvgIpc) is 3.14. The van der Waals surface area contributed by atoms with Crippen molar-refractivity contribution in [1.29, 1.82) is 0 Å². The van der Waals surface area contributed by atoms with E-state index in [1.165, 1.54) is 10.9 Å². The van der Waals surface area contributed by atoms with Crippen LogP contribution in [0.4, 0.5) is 21.0 Å². The quantitative estimate of drug-likeness (QED) is 0.564. The molecule has 28 heavy (non-hydrogen) atoms. The number of hydrogen-bond acceptors (Lipinski definition) is 3. The van der Waals surface area contributed by atoms with Gasteiger partial charge in [-0.3, -0.25) is 4.57 Å². The molecule has 3 N–H and O–H groups in total. The standard InChI is InChI=1S/C19H17Cl2N5O2/c20-13-1-5-15(6-2-13)24-18(27)22-10-9-17-11-26(12-23-17)19(28)25-16-7-3-14(21)4-8-16/h1-8,11-12H,9-10H2,(H,25,28)(H2,22,24,27). The van der Waals surface area contributed by atoms with E-state index in [4.69, 9.17) is 23.2 Å². The molecule has 3 aromatic rings. The molecular formula is C19H17Cl2N5O2. The molecule has 0 saturated heterocycles. The first kappa shape index (κ1) is 19.7. The lowest BCUT2D eigenvalue weighted by molar-refractivity contribution is 0.251. The van der Waals surface area contributed by atoms with Gasteiger partial charge in [0.2, 0.25) is 0 Å². The summed E-state index contributed by atoms with van der Waals surface area (Å²) in [5.74, 6) is 0. The number of halogens is 2. The van der Waals surface area contributed by atoms with Gasteiger partial charge in [-0.1, -0.05) is 23.2 Å². The van der Waals surface area contributed by atoms with Gasteiger partial charge in [-0.15, -0.1) is 0 Å². The fraction of sp³-hybridized carbons (Fsp3) is 0.105. The van der Waals surface area contributed by atoms with Crippen LogP contribution in [0.2, 0.25) is 10.0 Å². The minimum Gasteiger partial charge on any atom is -0.337 e. The molecule has 7 nitrogen and oxygen atoms in total. The molecule has 0 saturated carbocycles. The lowest BCUT2D eigenvalue weighted by atomic mass is 10.3. The second-order valence-corrected chi connectivity index (χ2v) is 6.72. The number of amides is 3. The van der Waals surface area contributed by atoms with E-state index in [9.17, 15) is 9.59 Å². The maximum Gasteiger partial charge on any atom is 0.331 e. The van der Waals surface area contributed by atoms with E-state index in [2.05, 4.69) is 20.9 Å². The maximum absolute atomic E-state index is 12.2. The van der Waals surface area contributed by atoms with E-state index in [0.717, 1.165) is 0 Å². The smallest absolute Gasteiger partial charge is 0.331 e. The van der Waals surface area contributed by atoms with E-state index in [1.807, 2.05) is 0 Å². The van der Waals surface area contributed by atoms with Gasteiger partial charge in [-0.05, 0) is 48.5 Å². The van der Waals surface area contributed by atoms with Crippen molar-refractivity contribution in [3.63, 3.8) is 0 Å². The molecule has 144 valence electrons.